The summed E-state index contributed by atoms with van der Waals surface area (Å²) in [6, 6.07) is 0. The number of hydrogen-bond acceptors (Lipinski definition) is 1. The molecule has 3 heteroatoms. The molecule has 0 saturated carbocycles. The average Bonchev–Trinajstić information content (AvgIpc) is 1.61. The van der Waals surface area contributed by atoms with E-state index in [-0.39, 0.29) is 19.5 Å². The van der Waals surface area contributed by atoms with Crippen molar-refractivity contribution in [3.05, 3.63) is 0 Å². The number of unbranched alkanes of at least 4 members (excludes halogenated alkanes) is 1. The van der Waals surface area contributed by atoms with Gasteiger partial charge in [-0.1, -0.05) is 21.1 Å². The summed E-state index contributed by atoms with van der Waals surface area (Å²) in [7, 11) is 0.859. The Balaban J connectivity index is 0. The van der Waals surface area contributed by atoms with Crippen LogP contribution in [0, 0.1) is 0 Å². The smallest absolute Gasteiger partial charge is 0 e. The average molecular weight is 188 g/mol. The van der Waals surface area contributed by atoms with Crippen molar-refractivity contribution >= 4 is 20.0 Å². The van der Waals surface area contributed by atoms with E-state index in [1.54, 1.807) is 0 Å². The van der Waals surface area contributed by atoms with Crippen LogP contribution in [0.3, 0.4) is 0 Å². The molecule has 0 aromatic rings. The Morgan fingerprint density at radius 2 is 2.14 bits per heavy atom. The first kappa shape index (κ1) is 11.2. The molecule has 0 aromatic heterocycles. The molecule has 0 saturated heterocycles. The molecule has 40 valence electrons. The van der Waals surface area contributed by atoms with E-state index < -0.39 is 0 Å². The molecule has 7 heavy (non-hydrogen) atoms. The fourth-order valence-electron chi connectivity index (χ4n) is 0.256. The molecule has 0 radical (unpaired) electrons. The Bertz CT molecular complexity index is 23.7. The molecule has 0 aliphatic rings. The van der Waals surface area contributed by atoms with Gasteiger partial charge in [-0.05, 0) is 12.6 Å². The third-order valence-electron chi connectivity index (χ3n) is 0.642. The van der Waals surface area contributed by atoms with Gasteiger partial charge in [-0.3, -0.25) is 0 Å². The zero-order valence-corrected chi connectivity index (χ0v) is 9.64. The van der Waals surface area contributed by atoms with Gasteiger partial charge in [0.1, 0.15) is 0 Å². The van der Waals surface area contributed by atoms with Gasteiger partial charge in [-0.15, -0.1) is 0 Å². The summed E-state index contributed by atoms with van der Waals surface area (Å²) >= 11 is 4.08. The summed E-state index contributed by atoms with van der Waals surface area (Å²) in [4.78, 5) is 0. The minimum atomic E-state index is 0. The van der Waals surface area contributed by atoms with Crippen LogP contribution in [-0.2, 0) is 19.5 Å². The van der Waals surface area contributed by atoms with Gasteiger partial charge < -0.3 is 0 Å². The van der Waals surface area contributed by atoms with E-state index in [1.807, 2.05) is 0 Å². The summed E-state index contributed by atoms with van der Waals surface area (Å²) in [5.74, 6) is 0. The Kier molecular flexibility index (Phi) is 16.7. The van der Waals surface area contributed by atoms with Crippen molar-refractivity contribution in [3.8, 4) is 0 Å². The second-order valence-electron chi connectivity index (χ2n) is 1.26. The summed E-state index contributed by atoms with van der Waals surface area (Å²) in [5.41, 5.74) is 0. The number of thiol groups is 1. The van der Waals surface area contributed by atoms with Crippen molar-refractivity contribution in [1.82, 2.24) is 0 Å². The second-order valence-corrected chi connectivity index (χ2v) is 3.03. The Labute approximate surface area is 65.5 Å². The zero-order chi connectivity index (χ0) is 4.83. The largest absolute Gasteiger partial charge is 0.155 e. The number of rotatable bonds is 3. The van der Waals surface area contributed by atoms with Crippen LogP contribution in [0.2, 0.25) is 0 Å². The summed E-state index contributed by atoms with van der Waals surface area (Å²) in [6.45, 7) is 2.20. The van der Waals surface area contributed by atoms with Crippen molar-refractivity contribution in [2.75, 3.05) is 6.16 Å². The molecule has 0 nitrogen and oxygen atoms in total. The van der Waals surface area contributed by atoms with E-state index >= 15 is 0 Å². The summed E-state index contributed by atoms with van der Waals surface area (Å²) in [5, 5.41) is 0. The van der Waals surface area contributed by atoms with Crippen LogP contribution in [0.15, 0.2) is 0 Å². The maximum Gasteiger partial charge on any atom is 0 e. The molecule has 0 aliphatic heterocycles. The molecular formula is C4H11PSZn. The summed E-state index contributed by atoms with van der Waals surface area (Å²) in [6.07, 6.45) is 3.97. The SMILES string of the molecule is CCCCPS.[Zn]. The molecule has 0 rings (SSSR count). The molecule has 1 unspecified atom stereocenters. The molecule has 1 atom stereocenters. The van der Waals surface area contributed by atoms with E-state index in [0.29, 0.717) is 0 Å². The van der Waals surface area contributed by atoms with Gasteiger partial charge in [-0.2, -0.15) is 12.2 Å². The van der Waals surface area contributed by atoms with Crippen molar-refractivity contribution < 1.29 is 19.5 Å². The predicted octanol–water partition coefficient (Wildman–Crippen LogP) is 2.31. The van der Waals surface area contributed by atoms with Crippen molar-refractivity contribution in [2.24, 2.45) is 0 Å². The van der Waals surface area contributed by atoms with Crippen LogP contribution < -0.4 is 0 Å². The van der Waals surface area contributed by atoms with Crippen LogP contribution in [0.25, 0.3) is 0 Å². The molecule has 0 heterocycles. The van der Waals surface area contributed by atoms with E-state index in [4.69, 9.17) is 0 Å². The van der Waals surface area contributed by atoms with Crippen molar-refractivity contribution in [1.29, 1.82) is 0 Å². The molecule has 0 aliphatic carbocycles. The maximum atomic E-state index is 4.08. The first-order valence-corrected chi connectivity index (χ1v) is 4.78. The van der Waals surface area contributed by atoms with Gasteiger partial charge in [0.2, 0.25) is 0 Å². The normalized spacial score (nSPS) is 9.43. The van der Waals surface area contributed by atoms with Gasteiger partial charge in [-0.25, -0.2) is 0 Å². The fourth-order valence-corrected chi connectivity index (χ4v) is 1.24. The predicted molar refractivity (Wildman–Crippen MR) is 37.1 cm³/mol. The van der Waals surface area contributed by atoms with Gasteiger partial charge in [0.25, 0.3) is 0 Å². The first-order chi connectivity index (χ1) is 2.91. The molecule has 0 spiro atoms. The Morgan fingerprint density at radius 3 is 2.29 bits per heavy atom. The van der Waals surface area contributed by atoms with E-state index in [9.17, 15) is 0 Å². The van der Waals surface area contributed by atoms with Gasteiger partial charge >= 0.3 is 0 Å². The van der Waals surface area contributed by atoms with Crippen molar-refractivity contribution in [3.63, 3.8) is 0 Å². The molecule has 0 N–H and O–H groups in total. The quantitative estimate of drug-likeness (QED) is 0.298. The fraction of sp³-hybridized carbons (Fsp3) is 1.00. The minimum absolute atomic E-state index is 0. The minimum Gasteiger partial charge on any atom is -0.155 e. The van der Waals surface area contributed by atoms with Crippen LogP contribution in [0.4, 0.5) is 0 Å². The number of hydrogen-bond donors (Lipinski definition) is 1. The standard InChI is InChI=1S/C4H11PS.Zn/c1-2-3-4-5-6;/h5-6H,2-4H2,1H3;. The van der Waals surface area contributed by atoms with Gasteiger partial charge in [0.15, 0.2) is 0 Å². The maximum absolute atomic E-state index is 4.08. The summed E-state index contributed by atoms with van der Waals surface area (Å²) < 4.78 is 0. The van der Waals surface area contributed by atoms with Crippen molar-refractivity contribution in [2.45, 2.75) is 19.8 Å². The van der Waals surface area contributed by atoms with Crippen LogP contribution in [0.1, 0.15) is 19.8 Å². The molecule has 0 fully saturated rings. The van der Waals surface area contributed by atoms with Gasteiger partial charge in [0, 0.05) is 19.5 Å². The van der Waals surface area contributed by atoms with Crippen LogP contribution >= 0.6 is 20.0 Å². The topological polar surface area (TPSA) is 0 Å². The second kappa shape index (κ2) is 10.4. The van der Waals surface area contributed by atoms with E-state index in [0.717, 1.165) is 7.78 Å². The molecule has 0 aromatic carbocycles. The molecular weight excluding hydrogens is 176 g/mol. The Morgan fingerprint density at radius 1 is 1.57 bits per heavy atom. The van der Waals surface area contributed by atoms with E-state index in [1.165, 1.54) is 19.0 Å². The van der Waals surface area contributed by atoms with Crippen LogP contribution in [0.5, 0.6) is 0 Å². The van der Waals surface area contributed by atoms with E-state index in [2.05, 4.69) is 19.2 Å². The van der Waals surface area contributed by atoms with Gasteiger partial charge in [0.05, 0.1) is 0 Å². The Hall–Kier alpha value is 1.40. The third kappa shape index (κ3) is 11.1. The third-order valence-corrected chi connectivity index (χ3v) is 1.89. The molecule has 0 amide bonds. The molecule has 0 bridgehead atoms. The first-order valence-electron chi connectivity index (χ1n) is 2.28. The van der Waals surface area contributed by atoms with Crippen LogP contribution in [-0.4, -0.2) is 6.16 Å². The zero-order valence-electron chi connectivity index (χ0n) is 4.78. The monoisotopic (exact) mass is 186 g/mol.